The zero-order valence-electron chi connectivity index (χ0n) is 21.8. The molecule has 4 nitrogen and oxygen atoms in total. The number of carbonyl (C=O) groups excluding carboxylic acids is 1. The van der Waals surface area contributed by atoms with Gasteiger partial charge in [0.25, 0.3) is 0 Å². The number of hydrogen-bond donors (Lipinski definition) is 1. The number of fused-ring (bicyclic) bond motifs is 1. The summed E-state index contributed by atoms with van der Waals surface area (Å²) < 4.78 is 59.7. The van der Waals surface area contributed by atoms with Crippen LogP contribution in [0.3, 0.4) is 0 Å². The first-order valence-electron chi connectivity index (χ1n) is 12.7. The highest BCUT2D eigenvalue weighted by atomic mass is 19.4. The maximum Gasteiger partial charge on any atom is 0.416 e. The van der Waals surface area contributed by atoms with Crippen LogP contribution in [0.5, 0.6) is 5.75 Å². The van der Waals surface area contributed by atoms with Gasteiger partial charge in [0.05, 0.1) is 11.3 Å². The Hall–Kier alpha value is -3.55. The van der Waals surface area contributed by atoms with Crippen LogP contribution >= 0.6 is 0 Å². The maximum atomic E-state index is 13.6. The van der Waals surface area contributed by atoms with Crippen LogP contribution in [0.1, 0.15) is 55.0 Å². The Morgan fingerprint density at radius 2 is 1.61 bits per heavy atom. The van der Waals surface area contributed by atoms with Crippen molar-refractivity contribution in [3.8, 4) is 5.75 Å². The fourth-order valence-corrected chi connectivity index (χ4v) is 4.55. The van der Waals surface area contributed by atoms with Crippen LogP contribution in [0.25, 0.3) is 0 Å². The molecule has 8 heteroatoms. The van der Waals surface area contributed by atoms with Crippen LogP contribution < -0.4 is 10.1 Å². The zero-order chi connectivity index (χ0) is 27.5. The molecule has 0 aliphatic carbocycles. The minimum absolute atomic E-state index is 0.0194. The third-order valence-corrected chi connectivity index (χ3v) is 6.72. The lowest BCUT2D eigenvalue weighted by Gasteiger charge is -2.27. The van der Waals surface area contributed by atoms with E-state index >= 15 is 0 Å². The van der Waals surface area contributed by atoms with Crippen molar-refractivity contribution in [2.45, 2.75) is 58.2 Å². The molecule has 4 rings (SSSR count). The van der Waals surface area contributed by atoms with Gasteiger partial charge in [-0.1, -0.05) is 57.2 Å². The maximum absolute atomic E-state index is 13.6. The average Bonchev–Trinajstić information content (AvgIpc) is 2.86. The molecular formula is C30H32F4N2O2. The number of rotatable bonds is 6. The Kier molecular flexibility index (Phi) is 7.99. The second-order valence-corrected chi connectivity index (χ2v) is 10.6. The highest BCUT2D eigenvalue weighted by Gasteiger charge is 2.36. The number of nitrogens with zero attached hydrogens (tertiary/aromatic N) is 1. The summed E-state index contributed by atoms with van der Waals surface area (Å²) in [6.45, 7) is 7.38. The quantitative estimate of drug-likeness (QED) is 0.333. The third kappa shape index (κ3) is 6.65. The molecule has 0 radical (unpaired) electrons. The highest BCUT2D eigenvalue weighted by Crippen LogP contribution is 2.42. The Morgan fingerprint density at radius 3 is 2.24 bits per heavy atom. The van der Waals surface area contributed by atoms with E-state index in [0.29, 0.717) is 19.4 Å². The zero-order valence-corrected chi connectivity index (χ0v) is 21.8. The summed E-state index contributed by atoms with van der Waals surface area (Å²) in [6.07, 6.45) is -3.90. The van der Waals surface area contributed by atoms with E-state index in [2.05, 4.69) is 26.1 Å². The Bertz CT molecular complexity index is 1260. The molecule has 1 aliphatic heterocycles. The molecule has 0 atom stereocenters. The number of alkyl halides is 3. The van der Waals surface area contributed by atoms with E-state index in [9.17, 15) is 22.4 Å². The summed E-state index contributed by atoms with van der Waals surface area (Å²) in [5.41, 5.74) is 2.49. The van der Waals surface area contributed by atoms with E-state index in [1.807, 2.05) is 24.3 Å². The molecule has 38 heavy (non-hydrogen) atoms. The molecule has 1 amide bonds. The molecule has 0 saturated carbocycles. The lowest BCUT2D eigenvalue weighted by Crippen LogP contribution is -2.35. The van der Waals surface area contributed by atoms with Crippen molar-refractivity contribution in [2.75, 3.05) is 18.4 Å². The Balaban J connectivity index is 1.58. The monoisotopic (exact) mass is 528 g/mol. The summed E-state index contributed by atoms with van der Waals surface area (Å²) in [4.78, 5) is 14.9. The van der Waals surface area contributed by atoms with E-state index in [4.69, 9.17) is 4.74 Å². The van der Waals surface area contributed by atoms with E-state index in [1.54, 1.807) is 12.1 Å². The van der Waals surface area contributed by atoms with Crippen LogP contribution in [-0.4, -0.2) is 24.1 Å². The fraction of sp³-hybridized carbons (Fsp3) is 0.367. The second kappa shape index (κ2) is 11.1. The molecule has 1 N–H and O–H groups in total. The molecular weight excluding hydrogens is 496 g/mol. The standard InChI is InChI=1S/C30H32F4N2O2/c1-29(2,3)22-10-6-21(7-11-22)19-36(18-16-20-8-12-23(31)13-9-20)28(37)38-26-15-14-25(30(32,33)34)24-5-4-17-35-27(24)26/h6-15,35H,4-5,16-19H2,1-3H3. The molecule has 0 fully saturated rings. The van der Waals surface area contributed by atoms with Gasteiger partial charge in [-0.2, -0.15) is 13.2 Å². The van der Waals surface area contributed by atoms with E-state index in [0.717, 1.165) is 22.8 Å². The number of anilines is 1. The number of halogens is 4. The molecule has 3 aromatic rings. The number of ether oxygens (including phenoxy) is 1. The summed E-state index contributed by atoms with van der Waals surface area (Å²) in [5, 5.41) is 2.99. The number of carbonyl (C=O) groups is 1. The predicted octanol–water partition coefficient (Wildman–Crippen LogP) is 7.74. The smallest absolute Gasteiger partial charge is 0.408 e. The molecule has 1 heterocycles. The first-order chi connectivity index (χ1) is 17.9. The van der Waals surface area contributed by atoms with Gasteiger partial charge in [0.15, 0.2) is 5.75 Å². The van der Waals surface area contributed by atoms with Crippen LogP contribution in [0.2, 0.25) is 0 Å². The van der Waals surface area contributed by atoms with Gasteiger partial charge in [0, 0.05) is 19.6 Å². The topological polar surface area (TPSA) is 41.6 Å². The SMILES string of the molecule is CC(C)(C)c1ccc(CN(CCc2ccc(F)cc2)C(=O)Oc2ccc(C(F)(F)F)c3c2NCCC3)cc1. The van der Waals surface area contributed by atoms with Crippen molar-refractivity contribution in [1.82, 2.24) is 4.90 Å². The number of benzene rings is 3. The molecule has 202 valence electrons. The van der Waals surface area contributed by atoms with Gasteiger partial charge in [-0.25, -0.2) is 9.18 Å². The lowest BCUT2D eigenvalue weighted by atomic mass is 9.87. The van der Waals surface area contributed by atoms with E-state index in [1.165, 1.54) is 23.1 Å². The predicted molar refractivity (Wildman–Crippen MR) is 140 cm³/mol. The summed E-state index contributed by atoms with van der Waals surface area (Å²) in [5.74, 6) is -0.268. The molecule has 0 aromatic heterocycles. The largest absolute Gasteiger partial charge is 0.416 e. The normalized spacial score (nSPS) is 13.4. The van der Waals surface area contributed by atoms with Crippen LogP contribution in [0.15, 0.2) is 60.7 Å². The van der Waals surface area contributed by atoms with E-state index < -0.39 is 17.8 Å². The van der Waals surface area contributed by atoms with Gasteiger partial charge >= 0.3 is 12.3 Å². The van der Waals surface area contributed by atoms with Crippen molar-refractivity contribution >= 4 is 11.8 Å². The molecule has 1 aliphatic rings. The second-order valence-electron chi connectivity index (χ2n) is 10.6. The minimum atomic E-state index is -4.49. The van der Waals surface area contributed by atoms with Gasteiger partial charge in [0.2, 0.25) is 0 Å². The number of hydrogen-bond acceptors (Lipinski definition) is 3. The van der Waals surface area contributed by atoms with Crippen LogP contribution in [-0.2, 0) is 31.0 Å². The number of amides is 1. The Labute approximate surface area is 220 Å². The molecule has 0 saturated heterocycles. The van der Waals surface area contributed by atoms with Gasteiger partial charge in [0.1, 0.15) is 5.82 Å². The van der Waals surface area contributed by atoms with Gasteiger partial charge < -0.3 is 15.0 Å². The summed E-state index contributed by atoms with van der Waals surface area (Å²) in [6, 6.07) is 16.2. The van der Waals surface area contributed by atoms with Gasteiger partial charge in [-0.05, 0) is 71.2 Å². The van der Waals surface area contributed by atoms with Crippen LogP contribution in [0.4, 0.5) is 28.0 Å². The molecule has 0 unspecified atom stereocenters. The summed E-state index contributed by atoms with van der Waals surface area (Å²) >= 11 is 0. The fourth-order valence-electron chi connectivity index (χ4n) is 4.55. The van der Waals surface area contributed by atoms with Gasteiger partial charge in [-0.3, -0.25) is 0 Å². The molecule has 0 spiro atoms. The van der Waals surface area contributed by atoms with Crippen molar-refractivity contribution in [3.63, 3.8) is 0 Å². The molecule has 3 aromatic carbocycles. The average molecular weight is 529 g/mol. The van der Waals surface area contributed by atoms with E-state index in [-0.39, 0.29) is 47.7 Å². The van der Waals surface area contributed by atoms with Crippen molar-refractivity contribution in [3.05, 3.63) is 94.3 Å². The molecule has 0 bridgehead atoms. The third-order valence-electron chi connectivity index (χ3n) is 6.72. The Morgan fingerprint density at radius 1 is 0.947 bits per heavy atom. The van der Waals surface area contributed by atoms with Crippen molar-refractivity contribution < 1.29 is 27.1 Å². The summed E-state index contributed by atoms with van der Waals surface area (Å²) in [7, 11) is 0. The highest BCUT2D eigenvalue weighted by molar-refractivity contribution is 5.76. The van der Waals surface area contributed by atoms with Crippen LogP contribution in [0, 0.1) is 5.82 Å². The minimum Gasteiger partial charge on any atom is -0.408 e. The first kappa shape index (κ1) is 27.5. The van der Waals surface area contributed by atoms with Crippen molar-refractivity contribution in [1.29, 1.82) is 0 Å². The number of nitrogens with one attached hydrogen (secondary N) is 1. The van der Waals surface area contributed by atoms with Crippen molar-refractivity contribution in [2.24, 2.45) is 0 Å². The van der Waals surface area contributed by atoms with Gasteiger partial charge in [-0.15, -0.1) is 0 Å². The lowest BCUT2D eigenvalue weighted by molar-refractivity contribution is -0.138. The first-order valence-corrected chi connectivity index (χ1v) is 12.7.